The van der Waals surface area contributed by atoms with E-state index in [1.54, 1.807) is 8.61 Å². The smallest absolute Gasteiger partial charge is 0.282 e. The van der Waals surface area contributed by atoms with Gasteiger partial charge in [0.15, 0.2) is 0 Å². The molecule has 3 fully saturated rings. The monoisotopic (exact) mass is 335 g/mol. The van der Waals surface area contributed by atoms with Crippen LogP contribution in [0.1, 0.15) is 31.2 Å². The lowest BCUT2D eigenvalue weighted by Crippen LogP contribution is -2.77. The van der Waals surface area contributed by atoms with Crippen LogP contribution in [-0.4, -0.2) is 60.2 Å². The molecule has 6 heteroatoms. The van der Waals surface area contributed by atoms with Crippen molar-refractivity contribution in [2.75, 3.05) is 32.7 Å². The number of nitrogens with zero attached hydrogens (tertiary/aromatic N) is 3. The topological polar surface area (TPSA) is 43.9 Å². The van der Waals surface area contributed by atoms with Crippen molar-refractivity contribution in [1.29, 1.82) is 0 Å². The first-order valence-electron chi connectivity index (χ1n) is 8.64. The van der Waals surface area contributed by atoms with E-state index in [2.05, 4.69) is 29.2 Å². The van der Waals surface area contributed by atoms with E-state index in [1.807, 2.05) is 6.07 Å². The van der Waals surface area contributed by atoms with Gasteiger partial charge in [0.25, 0.3) is 10.2 Å². The number of benzene rings is 1. The number of piperidine rings is 1. The number of hydrogen-bond acceptors (Lipinski definition) is 3. The van der Waals surface area contributed by atoms with E-state index in [9.17, 15) is 8.42 Å². The maximum atomic E-state index is 12.7. The minimum Gasteiger partial charge on any atom is -0.291 e. The van der Waals surface area contributed by atoms with Crippen LogP contribution < -0.4 is 0 Å². The quantitative estimate of drug-likeness (QED) is 0.841. The van der Waals surface area contributed by atoms with E-state index in [4.69, 9.17) is 0 Å². The Hall–Kier alpha value is -0.950. The molecule has 3 aliphatic heterocycles. The SMILES string of the molecule is O=S(=O)(N1CCCCC1)N1CC2(CCN2Cc2ccccc2)C1. The third-order valence-electron chi connectivity index (χ3n) is 5.64. The van der Waals surface area contributed by atoms with Crippen LogP contribution >= 0.6 is 0 Å². The molecule has 0 N–H and O–H groups in total. The molecule has 3 aliphatic rings. The van der Waals surface area contributed by atoms with E-state index in [-0.39, 0.29) is 5.54 Å². The van der Waals surface area contributed by atoms with Crippen molar-refractivity contribution in [2.24, 2.45) is 0 Å². The number of rotatable bonds is 4. The molecule has 1 spiro atoms. The molecule has 0 amide bonds. The second-order valence-electron chi connectivity index (χ2n) is 7.12. The molecule has 0 aliphatic carbocycles. The Balaban J connectivity index is 1.38. The Morgan fingerprint density at radius 2 is 1.61 bits per heavy atom. The van der Waals surface area contributed by atoms with Gasteiger partial charge in [0.1, 0.15) is 0 Å². The van der Waals surface area contributed by atoms with Gasteiger partial charge in [-0.3, -0.25) is 4.90 Å². The predicted molar refractivity (Wildman–Crippen MR) is 90.1 cm³/mol. The van der Waals surface area contributed by atoms with Gasteiger partial charge in [0.2, 0.25) is 0 Å². The number of hydrogen-bond donors (Lipinski definition) is 0. The molecule has 126 valence electrons. The van der Waals surface area contributed by atoms with Gasteiger partial charge in [-0.05, 0) is 24.8 Å². The summed E-state index contributed by atoms with van der Waals surface area (Å²) in [5, 5.41) is 0. The Bertz CT molecular complexity index is 650. The third-order valence-corrected chi connectivity index (χ3v) is 7.57. The van der Waals surface area contributed by atoms with Crippen molar-refractivity contribution < 1.29 is 8.42 Å². The summed E-state index contributed by atoms with van der Waals surface area (Å²) in [5.74, 6) is 0. The van der Waals surface area contributed by atoms with E-state index >= 15 is 0 Å². The second-order valence-corrected chi connectivity index (χ2v) is 9.05. The van der Waals surface area contributed by atoms with Crippen LogP contribution in [-0.2, 0) is 16.8 Å². The Labute approximate surface area is 139 Å². The first kappa shape index (κ1) is 15.6. The minimum atomic E-state index is -3.23. The molecule has 0 atom stereocenters. The van der Waals surface area contributed by atoms with Gasteiger partial charge in [0.05, 0.1) is 5.54 Å². The van der Waals surface area contributed by atoms with Crippen LogP contribution in [0.4, 0.5) is 0 Å². The van der Waals surface area contributed by atoms with Gasteiger partial charge in [0, 0.05) is 39.3 Å². The van der Waals surface area contributed by atoms with Crippen molar-refractivity contribution in [2.45, 2.75) is 37.8 Å². The lowest BCUT2D eigenvalue weighted by Gasteiger charge is -2.62. The highest BCUT2D eigenvalue weighted by Crippen LogP contribution is 2.42. The molecule has 1 aromatic carbocycles. The predicted octanol–water partition coefficient (Wildman–Crippen LogP) is 1.68. The zero-order chi connectivity index (χ0) is 15.9. The fourth-order valence-corrected chi connectivity index (χ4v) is 5.88. The van der Waals surface area contributed by atoms with Crippen molar-refractivity contribution in [3.63, 3.8) is 0 Å². The molecule has 0 bridgehead atoms. The second kappa shape index (κ2) is 5.84. The molecule has 0 radical (unpaired) electrons. The Kier molecular flexibility index (Phi) is 3.96. The standard InChI is InChI=1S/C17H25N3O2S/c21-23(22,19-10-5-2-6-11-19)20-14-17(15-20)9-12-18(17)13-16-7-3-1-4-8-16/h1,3-4,7-8H,2,5-6,9-15H2. The normalized spacial score (nSPS) is 25.9. The fraction of sp³-hybridized carbons (Fsp3) is 0.647. The average Bonchev–Trinajstić information content (AvgIpc) is 2.52. The molecule has 0 unspecified atom stereocenters. The highest BCUT2D eigenvalue weighted by atomic mass is 32.2. The van der Waals surface area contributed by atoms with E-state index in [1.165, 1.54) is 5.56 Å². The summed E-state index contributed by atoms with van der Waals surface area (Å²) in [5.41, 5.74) is 1.41. The molecular weight excluding hydrogens is 310 g/mol. The largest absolute Gasteiger partial charge is 0.291 e. The highest BCUT2D eigenvalue weighted by molar-refractivity contribution is 7.86. The van der Waals surface area contributed by atoms with Crippen LogP contribution in [0.2, 0.25) is 0 Å². The molecule has 1 aromatic rings. The molecule has 3 heterocycles. The van der Waals surface area contributed by atoms with Gasteiger partial charge < -0.3 is 0 Å². The summed E-state index contributed by atoms with van der Waals surface area (Å²) in [6, 6.07) is 10.5. The Morgan fingerprint density at radius 1 is 0.913 bits per heavy atom. The molecule has 4 rings (SSSR count). The van der Waals surface area contributed by atoms with Crippen LogP contribution in [0, 0.1) is 0 Å². The molecule has 5 nitrogen and oxygen atoms in total. The molecule has 0 saturated carbocycles. The van der Waals surface area contributed by atoms with Gasteiger partial charge >= 0.3 is 0 Å². The molecule has 3 saturated heterocycles. The summed E-state index contributed by atoms with van der Waals surface area (Å²) in [6.45, 7) is 4.72. The zero-order valence-electron chi connectivity index (χ0n) is 13.5. The summed E-state index contributed by atoms with van der Waals surface area (Å²) < 4.78 is 28.8. The lowest BCUT2D eigenvalue weighted by molar-refractivity contribution is -0.0988. The van der Waals surface area contributed by atoms with Gasteiger partial charge in [-0.15, -0.1) is 0 Å². The van der Waals surface area contributed by atoms with Crippen molar-refractivity contribution in [3.8, 4) is 0 Å². The molecule has 0 aromatic heterocycles. The molecule has 23 heavy (non-hydrogen) atoms. The van der Waals surface area contributed by atoms with Crippen molar-refractivity contribution in [3.05, 3.63) is 35.9 Å². The van der Waals surface area contributed by atoms with Crippen LogP contribution in [0.25, 0.3) is 0 Å². The maximum Gasteiger partial charge on any atom is 0.282 e. The third kappa shape index (κ3) is 2.71. The zero-order valence-corrected chi connectivity index (χ0v) is 14.3. The average molecular weight is 335 g/mol. The van der Waals surface area contributed by atoms with Crippen molar-refractivity contribution >= 4 is 10.2 Å². The van der Waals surface area contributed by atoms with Gasteiger partial charge in [-0.25, -0.2) is 0 Å². The number of likely N-dealkylation sites (tertiary alicyclic amines) is 1. The summed E-state index contributed by atoms with van der Waals surface area (Å²) >= 11 is 0. The summed E-state index contributed by atoms with van der Waals surface area (Å²) in [6.07, 6.45) is 4.27. The minimum absolute atomic E-state index is 0.0959. The van der Waals surface area contributed by atoms with Gasteiger partial charge in [-0.1, -0.05) is 36.8 Å². The van der Waals surface area contributed by atoms with Gasteiger partial charge in [-0.2, -0.15) is 17.0 Å². The van der Waals surface area contributed by atoms with Crippen LogP contribution in [0.5, 0.6) is 0 Å². The molecular formula is C17H25N3O2S. The first-order valence-corrected chi connectivity index (χ1v) is 10.0. The summed E-state index contributed by atoms with van der Waals surface area (Å²) in [4.78, 5) is 2.45. The lowest BCUT2D eigenvalue weighted by atomic mass is 9.79. The summed E-state index contributed by atoms with van der Waals surface area (Å²) in [7, 11) is -3.23. The van der Waals surface area contributed by atoms with Crippen LogP contribution in [0.15, 0.2) is 30.3 Å². The van der Waals surface area contributed by atoms with E-state index in [0.717, 1.165) is 38.8 Å². The highest BCUT2D eigenvalue weighted by Gasteiger charge is 2.57. The van der Waals surface area contributed by atoms with E-state index < -0.39 is 10.2 Å². The van der Waals surface area contributed by atoms with Crippen molar-refractivity contribution in [1.82, 2.24) is 13.5 Å². The Morgan fingerprint density at radius 3 is 2.22 bits per heavy atom. The first-order chi connectivity index (χ1) is 11.1. The maximum absolute atomic E-state index is 12.7. The van der Waals surface area contributed by atoms with E-state index in [0.29, 0.717) is 26.2 Å². The fourth-order valence-electron chi connectivity index (χ4n) is 4.03. The van der Waals surface area contributed by atoms with Crippen LogP contribution in [0.3, 0.4) is 0 Å².